The van der Waals surface area contributed by atoms with E-state index < -0.39 is 34.6 Å². The Balaban J connectivity index is 3.19. The molecule has 15 heavy (non-hydrogen) atoms. The highest BCUT2D eigenvalue weighted by atomic mass is 19.1. The molecule has 0 amide bonds. The summed E-state index contributed by atoms with van der Waals surface area (Å²) in [4.78, 5) is 19.1. The van der Waals surface area contributed by atoms with Gasteiger partial charge in [0, 0.05) is 12.4 Å². The van der Waals surface area contributed by atoms with Crippen molar-refractivity contribution in [3.05, 3.63) is 39.4 Å². The lowest BCUT2D eigenvalue weighted by Gasteiger charge is -2.03. The van der Waals surface area contributed by atoms with Crippen molar-refractivity contribution in [2.45, 2.75) is 6.42 Å². The van der Waals surface area contributed by atoms with E-state index in [0.717, 1.165) is 0 Å². The third kappa shape index (κ3) is 2.46. The van der Waals surface area contributed by atoms with E-state index in [2.05, 4.69) is 0 Å². The van der Waals surface area contributed by atoms with Gasteiger partial charge in [0.05, 0.1) is 4.92 Å². The van der Waals surface area contributed by atoms with E-state index >= 15 is 0 Å². The molecule has 0 unspecified atom stereocenters. The van der Waals surface area contributed by atoms with Gasteiger partial charge < -0.3 is 9.90 Å². The smallest absolute Gasteiger partial charge is 0.340 e. The van der Waals surface area contributed by atoms with Crippen LogP contribution in [0.3, 0.4) is 0 Å². The molecule has 0 saturated carbocycles. The average Bonchev–Trinajstić information content (AvgIpc) is 1.99. The highest BCUT2D eigenvalue weighted by Crippen LogP contribution is 2.22. The summed E-state index contributed by atoms with van der Waals surface area (Å²) in [7, 11) is 0. The first kappa shape index (κ1) is 11.0. The summed E-state index contributed by atoms with van der Waals surface area (Å²) in [5.74, 6) is -4.34. The molecule has 1 aromatic rings. The average molecular weight is 216 g/mol. The predicted octanol–water partition coefficient (Wildman–Crippen LogP) is 0.165. The predicted molar refractivity (Wildman–Crippen MR) is 41.7 cm³/mol. The number of carboxylic acid groups (broad SMARTS) is 1. The van der Waals surface area contributed by atoms with E-state index in [-0.39, 0.29) is 5.56 Å². The largest absolute Gasteiger partial charge is 0.550 e. The fraction of sp³-hybridized carbons (Fsp3) is 0.125. The van der Waals surface area contributed by atoms with Gasteiger partial charge in [0.15, 0.2) is 0 Å². The molecule has 80 valence electrons. The molecule has 0 aromatic heterocycles. The van der Waals surface area contributed by atoms with E-state index in [1.165, 1.54) is 0 Å². The van der Waals surface area contributed by atoms with Gasteiger partial charge in [-0.1, -0.05) is 0 Å². The number of nitro benzene ring substituents is 1. The Labute approximate surface area is 82.1 Å². The molecule has 0 saturated heterocycles. The summed E-state index contributed by atoms with van der Waals surface area (Å²) < 4.78 is 25.8. The summed E-state index contributed by atoms with van der Waals surface area (Å²) in [6.07, 6.45) is -0.703. The fourth-order valence-electron chi connectivity index (χ4n) is 1.06. The third-order valence-electron chi connectivity index (χ3n) is 1.61. The molecule has 0 heterocycles. The summed E-state index contributed by atoms with van der Waals surface area (Å²) in [6.45, 7) is 0. The molecule has 5 nitrogen and oxygen atoms in total. The van der Waals surface area contributed by atoms with Crippen LogP contribution in [0.15, 0.2) is 12.1 Å². The molecule has 0 spiro atoms. The summed E-state index contributed by atoms with van der Waals surface area (Å²) in [5, 5.41) is 20.3. The van der Waals surface area contributed by atoms with Gasteiger partial charge in [-0.25, -0.2) is 0 Å². The minimum Gasteiger partial charge on any atom is -0.550 e. The maximum Gasteiger partial charge on any atom is 0.340 e. The second-order valence-corrected chi connectivity index (χ2v) is 2.71. The summed E-state index contributed by atoms with van der Waals surface area (Å²) in [5.41, 5.74) is -1.52. The van der Waals surface area contributed by atoms with E-state index in [0.29, 0.717) is 12.1 Å². The molecular formula is C8H4F2NO4-. The van der Waals surface area contributed by atoms with E-state index in [4.69, 9.17) is 0 Å². The molecular weight excluding hydrogens is 212 g/mol. The Morgan fingerprint density at radius 3 is 2.13 bits per heavy atom. The number of hydrogen-bond donors (Lipinski definition) is 0. The molecule has 1 rings (SSSR count). The molecule has 7 heteroatoms. The molecule has 1 aromatic carbocycles. The number of nitro groups is 1. The minimum absolute atomic E-state index is 0.226. The number of rotatable bonds is 3. The highest BCUT2D eigenvalue weighted by molar-refractivity contribution is 5.68. The van der Waals surface area contributed by atoms with Crippen LogP contribution < -0.4 is 5.11 Å². The molecule has 0 aliphatic heterocycles. The van der Waals surface area contributed by atoms with Crippen LogP contribution in [0, 0.1) is 21.7 Å². The van der Waals surface area contributed by atoms with Crippen LogP contribution in [0.5, 0.6) is 0 Å². The topological polar surface area (TPSA) is 83.3 Å². The zero-order valence-corrected chi connectivity index (χ0v) is 7.20. The highest BCUT2D eigenvalue weighted by Gasteiger charge is 2.21. The number of nitrogens with zero attached hydrogens (tertiary/aromatic N) is 1. The number of hydrogen-bond acceptors (Lipinski definition) is 4. The van der Waals surface area contributed by atoms with Crippen LogP contribution in [-0.4, -0.2) is 10.9 Å². The molecule has 0 fully saturated rings. The van der Waals surface area contributed by atoms with Crippen molar-refractivity contribution in [3.8, 4) is 0 Å². The number of benzene rings is 1. The van der Waals surface area contributed by atoms with Crippen LogP contribution in [0.4, 0.5) is 14.5 Å². The standard InChI is InChI=1S/C8H5F2NO4/c9-5-1-4(3-7(12)13)2-6(10)8(5)11(14)15/h1-2H,3H2,(H,12,13)/p-1. The number of carbonyl (C=O) groups excluding carboxylic acids is 1. The lowest BCUT2D eigenvalue weighted by molar-refractivity contribution is -0.390. The number of aliphatic carboxylic acids is 1. The van der Waals surface area contributed by atoms with Gasteiger partial charge in [0.2, 0.25) is 11.6 Å². The van der Waals surface area contributed by atoms with Crippen molar-refractivity contribution in [1.29, 1.82) is 0 Å². The molecule has 0 N–H and O–H groups in total. The van der Waals surface area contributed by atoms with Gasteiger partial charge in [-0.2, -0.15) is 8.78 Å². The van der Waals surface area contributed by atoms with Gasteiger partial charge >= 0.3 is 5.69 Å². The molecule has 0 bridgehead atoms. The Kier molecular flexibility index (Phi) is 2.93. The van der Waals surface area contributed by atoms with E-state index in [9.17, 15) is 28.8 Å². The Hall–Kier alpha value is -2.05. The molecule has 0 aliphatic carbocycles. The maximum atomic E-state index is 12.9. The first-order valence-corrected chi connectivity index (χ1v) is 3.74. The van der Waals surface area contributed by atoms with Crippen molar-refractivity contribution < 1.29 is 23.6 Å². The lowest BCUT2D eigenvalue weighted by atomic mass is 10.1. The Morgan fingerprint density at radius 1 is 1.33 bits per heavy atom. The van der Waals surface area contributed by atoms with Crippen LogP contribution >= 0.6 is 0 Å². The third-order valence-corrected chi connectivity index (χ3v) is 1.61. The summed E-state index contributed by atoms with van der Waals surface area (Å²) in [6, 6.07) is 1.19. The van der Waals surface area contributed by atoms with Crippen LogP contribution in [0.25, 0.3) is 0 Å². The SMILES string of the molecule is O=C([O-])Cc1cc(F)c([N+](=O)[O-])c(F)c1. The van der Waals surface area contributed by atoms with Gasteiger partial charge in [0.1, 0.15) is 0 Å². The minimum atomic E-state index is -1.53. The Morgan fingerprint density at radius 2 is 1.80 bits per heavy atom. The van der Waals surface area contributed by atoms with Gasteiger partial charge in [-0.05, 0) is 17.7 Å². The van der Waals surface area contributed by atoms with Crippen LogP contribution in [-0.2, 0) is 11.2 Å². The zero-order chi connectivity index (χ0) is 11.6. The summed E-state index contributed by atoms with van der Waals surface area (Å²) >= 11 is 0. The maximum absolute atomic E-state index is 12.9. The second-order valence-electron chi connectivity index (χ2n) is 2.71. The quantitative estimate of drug-likeness (QED) is 0.532. The lowest BCUT2D eigenvalue weighted by Crippen LogP contribution is -2.24. The van der Waals surface area contributed by atoms with Crippen molar-refractivity contribution in [3.63, 3.8) is 0 Å². The van der Waals surface area contributed by atoms with E-state index in [1.54, 1.807) is 0 Å². The number of carboxylic acids is 1. The number of carbonyl (C=O) groups is 1. The van der Waals surface area contributed by atoms with Crippen molar-refractivity contribution in [2.75, 3.05) is 0 Å². The molecule has 0 aliphatic rings. The monoisotopic (exact) mass is 216 g/mol. The van der Waals surface area contributed by atoms with Crippen molar-refractivity contribution in [1.82, 2.24) is 0 Å². The molecule has 0 radical (unpaired) electrons. The van der Waals surface area contributed by atoms with Crippen molar-refractivity contribution in [2.24, 2.45) is 0 Å². The van der Waals surface area contributed by atoms with E-state index in [1.807, 2.05) is 0 Å². The number of halogens is 2. The van der Waals surface area contributed by atoms with Crippen LogP contribution in [0.2, 0.25) is 0 Å². The first-order valence-electron chi connectivity index (χ1n) is 3.74. The molecule has 0 atom stereocenters. The first-order chi connectivity index (χ1) is 6.91. The van der Waals surface area contributed by atoms with Gasteiger partial charge in [-0.3, -0.25) is 10.1 Å². The van der Waals surface area contributed by atoms with Gasteiger partial charge in [-0.15, -0.1) is 0 Å². The zero-order valence-electron chi connectivity index (χ0n) is 7.20. The second kappa shape index (κ2) is 3.99. The fourth-order valence-corrected chi connectivity index (χ4v) is 1.06. The van der Waals surface area contributed by atoms with Crippen molar-refractivity contribution >= 4 is 11.7 Å². The normalized spacial score (nSPS) is 10.0. The van der Waals surface area contributed by atoms with Gasteiger partial charge in [0.25, 0.3) is 0 Å². The van der Waals surface area contributed by atoms with Crippen LogP contribution in [0.1, 0.15) is 5.56 Å². The Bertz CT molecular complexity index is 410.